The van der Waals surface area contributed by atoms with Crippen molar-refractivity contribution in [2.45, 2.75) is 20.4 Å². The standard InChI is InChI=1S/C19H19N5O2/c1-12-3-5-15(7-13(12)2)22-19-23-18(10-21-24-19)20-9-14-4-6-16-17(8-14)26-11-25-16/h3-8,10H,9,11H2,1-2H3,(H2,20,22,23,24). The molecule has 4 rings (SSSR count). The first-order chi connectivity index (χ1) is 12.7. The van der Waals surface area contributed by atoms with Crippen molar-refractivity contribution in [3.63, 3.8) is 0 Å². The molecular formula is C19H19N5O2. The molecule has 26 heavy (non-hydrogen) atoms. The SMILES string of the molecule is Cc1ccc(Nc2nncc(NCc3ccc4c(c3)OCO4)n2)cc1C. The summed E-state index contributed by atoms with van der Waals surface area (Å²) in [5, 5.41) is 14.5. The van der Waals surface area contributed by atoms with Gasteiger partial charge in [-0.2, -0.15) is 10.1 Å². The molecule has 0 bridgehead atoms. The molecule has 0 amide bonds. The molecule has 1 aromatic heterocycles. The van der Waals surface area contributed by atoms with Crippen molar-refractivity contribution in [1.82, 2.24) is 15.2 Å². The van der Waals surface area contributed by atoms with Crippen LogP contribution in [0.5, 0.6) is 11.5 Å². The molecule has 0 unspecified atom stereocenters. The van der Waals surface area contributed by atoms with E-state index in [0.717, 1.165) is 22.7 Å². The summed E-state index contributed by atoms with van der Waals surface area (Å²) in [5.74, 6) is 2.63. The van der Waals surface area contributed by atoms with Gasteiger partial charge in [-0.05, 0) is 54.8 Å². The quantitative estimate of drug-likeness (QED) is 0.729. The normalized spacial score (nSPS) is 12.1. The Kier molecular flexibility index (Phi) is 4.27. The van der Waals surface area contributed by atoms with Crippen LogP contribution >= 0.6 is 0 Å². The summed E-state index contributed by atoms with van der Waals surface area (Å²) in [7, 11) is 0. The van der Waals surface area contributed by atoms with Crippen molar-refractivity contribution in [3.05, 3.63) is 59.3 Å². The van der Waals surface area contributed by atoms with Gasteiger partial charge in [0.25, 0.3) is 0 Å². The third-order valence-electron chi connectivity index (χ3n) is 4.23. The van der Waals surface area contributed by atoms with Gasteiger partial charge in [0.2, 0.25) is 12.7 Å². The van der Waals surface area contributed by atoms with E-state index in [9.17, 15) is 0 Å². The van der Waals surface area contributed by atoms with Crippen LogP contribution in [0.4, 0.5) is 17.5 Å². The molecule has 2 aromatic carbocycles. The molecule has 0 fully saturated rings. The summed E-state index contributed by atoms with van der Waals surface area (Å²) in [6.45, 7) is 5.02. The van der Waals surface area contributed by atoms with Crippen LogP contribution in [0.3, 0.4) is 0 Å². The average molecular weight is 349 g/mol. The summed E-state index contributed by atoms with van der Waals surface area (Å²) in [5.41, 5.74) is 4.45. The molecule has 7 nitrogen and oxygen atoms in total. The van der Waals surface area contributed by atoms with Gasteiger partial charge in [0, 0.05) is 12.2 Å². The second kappa shape index (κ2) is 6.87. The van der Waals surface area contributed by atoms with Crippen LogP contribution < -0.4 is 20.1 Å². The highest BCUT2D eigenvalue weighted by Gasteiger charge is 2.13. The van der Waals surface area contributed by atoms with Crippen LogP contribution in [0.15, 0.2) is 42.6 Å². The lowest BCUT2D eigenvalue weighted by Crippen LogP contribution is -2.05. The van der Waals surface area contributed by atoms with Crippen molar-refractivity contribution >= 4 is 17.5 Å². The van der Waals surface area contributed by atoms with Crippen LogP contribution in [0.2, 0.25) is 0 Å². The van der Waals surface area contributed by atoms with Crippen LogP contribution in [0.1, 0.15) is 16.7 Å². The lowest BCUT2D eigenvalue weighted by atomic mass is 10.1. The third kappa shape index (κ3) is 3.51. The van der Waals surface area contributed by atoms with Gasteiger partial charge in [-0.25, -0.2) is 0 Å². The van der Waals surface area contributed by atoms with Crippen molar-refractivity contribution in [3.8, 4) is 11.5 Å². The number of benzene rings is 2. The summed E-state index contributed by atoms with van der Waals surface area (Å²) in [6.07, 6.45) is 1.60. The Labute approximate surface area is 151 Å². The monoisotopic (exact) mass is 349 g/mol. The molecule has 0 spiro atoms. The fraction of sp³-hybridized carbons (Fsp3) is 0.211. The van der Waals surface area contributed by atoms with E-state index in [1.807, 2.05) is 24.3 Å². The number of rotatable bonds is 5. The highest BCUT2D eigenvalue weighted by molar-refractivity contribution is 5.56. The minimum Gasteiger partial charge on any atom is -0.454 e. The Balaban J connectivity index is 1.43. The van der Waals surface area contributed by atoms with Gasteiger partial charge in [0.05, 0.1) is 6.20 Å². The lowest BCUT2D eigenvalue weighted by molar-refractivity contribution is 0.174. The summed E-state index contributed by atoms with van der Waals surface area (Å²) in [4.78, 5) is 4.46. The van der Waals surface area contributed by atoms with Gasteiger partial charge >= 0.3 is 0 Å². The zero-order chi connectivity index (χ0) is 17.9. The van der Waals surface area contributed by atoms with Gasteiger partial charge in [0.1, 0.15) is 0 Å². The molecular weight excluding hydrogens is 330 g/mol. The molecule has 0 saturated heterocycles. The zero-order valence-corrected chi connectivity index (χ0v) is 14.6. The fourth-order valence-corrected chi connectivity index (χ4v) is 2.63. The lowest BCUT2D eigenvalue weighted by Gasteiger charge is -2.09. The Morgan fingerprint density at radius 2 is 1.88 bits per heavy atom. The Hall–Kier alpha value is -3.35. The van der Waals surface area contributed by atoms with E-state index < -0.39 is 0 Å². The fourth-order valence-electron chi connectivity index (χ4n) is 2.63. The molecule has 7 heteroatoms. The first-order valence-corrected chi connectivity index (χ1v) is 8.34. The highest BCUT2D eigenvalue weighted by atomic mass is 16.7. The number of hydrogen-bond acceptors (Lipinski definition) is 7. The number of nitrogens with one attached hydrogen (secondary N) is 2. The molecule has 1 aliphatic heterocycles. The van der Waals surface area contributed by atoms with Gasteiger partial charge in [-0.15, -0.1) is 5.10 Å². The number of nitrogens with zero attached hydrogens (tertiary/aromatic N) is 3. The molecule has 0 radical (unpaired) electrons. The number of ether oxygens (including phenoxy) is 2. The topological polar surface area (TPSA) is 81.2 Å². The first-order valence-electron chi connectivity index (χ1n) is 8.34. The predicted molar refractivity (Wildman–Crippen MR) is 98.9 cm³/mol. The highest BCUT2D eigenvalue weighted by Crippen LogP contribution is 2.32. The molecule has 132 valence electrons. The molecule has 3 aromatic rings. The van der Waals surface area contributed by atoms with E-state index in [0.29, 0.717) is 18.3 Å². The maximum absolute atomic E-state index is 5.40. The number of fused-ring (bicyclic) bond motifs is 1. The number of hydrogen-bond donors (Lipinski definition) is 2. The third-order valence-corrected chi connectivity index (χ3v) is 4.23. The Morgan fingerprint density at radius 1 is 1.00 bits per heavy atom. The minimum absolute atomic E-state index is 0.273. The van der Waals surface area contributed by atoms with Crippen LogP contribution in [-0.4, -0.2) is 22.0 Å². The summed E-state index contributed by atoms with van der Waals surface area (Å²) in [6, 6.07) is 12.0. The Morgan fingerprint density at radius 3 is 2.77 bits per heavy atom. The maximum Gasteiger partial charge on any atom is 0.249 e. The van der Waals surface area contributed by atoms with Crippen molar-refractivity contribution in [1.29, 1.82) is 0 Å². The average Bonchev–Trinajstić information content (AvgIpc) is 3.11. The molecule has 0 atom stereocenters. The number of aromatic nitrogens is 3. The number of anilines is 3. The maximum atomic E-state index is 5.40. The van der Waals surface area contributed by atoms with Gasteiger partial charge in [0.15, 0.2) is 17.3 Å². The minimum atomic E-state index is 0.273. The molecule has 0 saturated carbocycles. The van der Waals surface area contributed by atoms with Crippen LogP contribution in [0, 0.1) is 13.8 Å². The van der Waals surface area contributed by atoms with E-state index in [1.54, 1.807) is 6.20 Å². The molecule has 1 aliphatic rings. The summed E-state index contributed by atoms with van der Waals surface area (Å²) >= 11 is 0. The van der Waals surface area contributed by atoms with Crippen LogP contribution in [-0.2, 0) is 6.54 Å². The second-order valence-corrected chi connectivity index (χ2v) is 6.13. The number of aryl methyl sites for hydroxylation is 2. The molecule has 2 N–H and O–H groups in total. The van der Waals surface area contributed by atoms with E-state index in [4.69, 9.17) is 9.47 Å². The largest absolute Gasteiger partial charge is 0.454 e. The predicted octanol–water partition coefficient (Wildman–Crippen LogP) is 3.57. The van der Waals surface area contributed by atoms with Crippen molar-refractivity contribution < 1.29 is 9.47 Å². The van der Waals surface area contributed by atoms with Gasteiger partial charge < -0.3 is 20.1 Å². The van der Waals surface area contributed by atoms with E-state index in [2.05, 4.69) is 51.8 Å². The van der Waals surface area contributed by atoms with E-state index >= 15 is 0 Å². The smallest absolute Gasteiger partial charge is 0.249 e. The van der Waals surface area contributed by atoms with Crippen LogP contribution in [0.25, 0.3) is 0 Å². The van der Waals surface area contributed by atoms with E-state index in [-0.39, 0.29) is 6.79 Å². The zero-order valence-electron chi connectivity index (χ0n) is 14.6. The Bertz CT molecular complexity index is 945. The van der Waals surface area contributed by atoms with Gasteiger partial charge in [-0.1, -0.05) is 12.1 Å². The molecule has 0 aliphatic carbocycles. The molecule has 2 heterocycles. The van der Waals surface area contributed by atoms with Crippen molar-refractivity contribution in [2.75, 3.05) is 17.4 Å². The summed E-state index contributed by atoms with van der Waals surface area (Å²) < 4.78 is 10.7. The van der Waals surface area contributed by atoms with Crippen molar-refractivity contribution in [2.24, 2.45) is 0 Å². The van der Waals surface area contributed by atoms with Gasteiger partial charge in [-0.3, -0.25) is 0 Å². The second-order valence-electron chi connectivity index (χ2n) is 6.13. The first kappa shape index (κ1) is 16.1. The van der Waals surface area contributed by atoms with E-state index in [1.165, 1.54) is 11.1 Å².